The highest BCUT2D eigenvalue weighted by Gasteiger charge is 2.50. The first-order valence-corrected chi connectivity index (χ1v) is 9.75. The highest BCUT2D eigenvalue weighted by atomic mass is 16.5. The Bertz CT molecular complexity index is 1010. The second-order valence-corrected chi connectivity index (χ2v) is 8.05. The predicted octanol–water partition coefficient (Wildman–Crippen LogP) is 4.33. The third kappa shape index (κ3) is 3.27. The van der Waals surface area contributed by atoms with E-state index < -0.39 is 5.72 Å². The lowest BCUT2D eigenvalue weighted by Gasteiger charge is -2.49. The summed E-state index contributed by atoms with van der Waals surface area (Å²) in [6, 6.07) is 15.7. The van der Waals surface area contributed by atoms with E-state index in [1.54, 1.807) is 18.0 Å². The number of hydrogen-bond donors (Lipinski definition) is 1. The Morgan fingerprint density at radius 1 is 1.21 bits per heavy atom. The Kier molecular flexibility index (Phi) is 4.61. The SMILES string of the molecule is CN(C)c1ccc(C=CC(O)=C2C(=O)N(C)C3(C)CC2c2ccccc2O3)cc1. The molecule has 1 amide bonds. The first-order chi connectivity index (χ1) is 13.8. The fourth-order valence-electron chi connectivity index (χ4n) is 4.07. The van der Waals surface area contributed by atoms with Gasteiger partial charge in [-0.15, -0.1) is 0 Å². The van der Waals surface area contributed by atoms with E-state index in [1.807, 2.05) is 80.5 Å². The van der Waals surface area contributed by atoms with Crippen LogP contribution in [0.2, 0.25) is 0 Å². The van der Waals surface area contributed by atoms with E-state index in [9.17, 15) is 9.90 Å². The second kappa shape index (κ2) is 6.99. The number of likely N-dealkylation sites (tertiary alicyclic amines) is 1. The fraction of sp³-hybridized carbons (Fsp3) is 0.292. The highest BCUT2D eigenvalue weighted by Crippen LogP contribution is 2.50. The summed E-state index contributed by atoms with van der Waals surface area (Å²) in [6.07, 6.45) is 4.05. The summed E-state index contributed by atoms with van der Waals surface area (Å²) in [5.41, 5.74) is 2.70. The molecule has 0 aliphatic carbocycles. The molecule has 5 heteroatoms. The molecule has 1 N–H and O–H groups in total. The average Bonchev–Trinajstić information content (AvgIpc) is 2.71. The molecule has 29 heavy (non-hydrogen) atoms. The Morgan fingerprint density at radius 3 is 2.59 bits per heavy atom. The Hall–Kier alpha value is -3.21. The van der Waals surface area contributed by atoms with E-state index in [0.717, 1.165) is 22.6 Å². The van der Waals surface area contributed by atoms with Gasteiger partial charge in [-0.05, 0) is 36.8 Å². The summed E-state index contributed by atoms with van der Waals surface area (Å²) in [4.78, 5) is 16.7. The summed E-state index contributed by atoms with van der Waals surface area (Å²) < 4.78 is 6.14. The zero-order chi connectivity index (χ0) is 20.8. The highest BCUT2D eigenvalue weighted by molar-refractivity contribution is 5.98. The number of para-hydroxylation sites is 1. The van der Waals surface area contributed by atoms with Gasteiger partial charge in [-0.1, -0.05) is 36.4 Å². The largest absolute Gasteiger partial charge is 0.507 e. The molecule has 2 heterocycles. The van der Waals surface area contributed by atoms with E-state index in [2.05, 4.69) is 0 Å². The zero-order valence-corrected chi connectivity index (χ0v) is 17.2. The molecule has 1 saturated heterocycles. The van der Waals surface area contributed by atoms with Gasteiger partial charge < -0.3 is 19.6 Å². The minimum Gasteiger partial charge on any atom is -0.507 e. The van der Waals surface area contributed by atoms with Gasteiger partial charge in [0, 0.05) is 44.7 Å². The van der Waals surface area contributed by atoms with Crippen molar-refractivity contribution >= 4 is 17.7 Å². The molecule has 0 spiro atoms. The molecule has 2 aromatic carbocycles. The number of aliphatic hydroxyl groups is 1. The number of carbonyl (C=O) groups is 1. The number of hydrogen-bond acceptors (Lipinski definition) is 4. The number of aliphatic hydroxyl groups excluding tert-OH is 1. The van der Waals surface area contributed by atoms with Crippen LogP contribution in [0.5, 0.6) is 5.75 Å². The van der Waals surface area contributed by atoms with Crippen LogP contribution in [-0.2, 0) is 4.79 Å². The van der Waals surface area contributed by atoms with Crippen molar-refractivity contribution in [1.82, 2.24) is 4.90 Å². The summed E-state index contributed by atoms with van der Waals surface area (Å²) >= 11 is 0. The van der Waals surface area contributed by atoms with Crippen LogP contribution >= 0.6 is 0 Å². The lowest BCUT2D eigenvalue weighted by molar-refractivity contribution is -0.153. The number of benzene rings is 2. The van der Waals surface area contributed by atoms with Crippen molar-refractivity contribution in [2.45, 2.75) is 25.0 Å². The number of piperidine rings is 1. The molecule has 4 rings (SSSR count). The summed E-state index contributed by atoms with van der Waals surface area (Å²) in [6.45, 7) is 1.92. The predicted molar refractivity (Wildman–Crippen MR) is 115 cm³/mol. The molecular weight excluding hydrogens is 364 g/mol. The maximum Gasteiger partial charge on any atom is 0.256 e. The fourth-order valence-corrected chi connectivity index (χ4v) is 4.07. The molecule has 2 atom stereocenters. The second-order valence-electron chi connectivity index (χ2n) is 8.05. The Labute approximate surface area is 171 Å². The zero-order valence-electron chi connectivity index (χ0n) is 17.2. The molecule has 5 nitrogen and oxygen atoms in total. The van der Waals surface area contributed by atoms with Gasteiger partial charge in [0.2, 0.25) is 0 Å². The summed E-state index contributed by atoms with van der Waals surface area (Å²) in [5, 5.41) is 10.9. The van der Waals surface area contributed by atoms with Gasteiger partial charge in [0.05, 0.1) is 5.57 Å². The molecule has 2 bridgehead atoms. The van der Waals surface area contributed by atoms with Crippen LogP contribution in [0.4, 0.5) is 5.69 Å². The van der Waals surface area contributed by atoms with Crippen LogP contribution in [0.1, 0.15) is 30.4 Å². The standard InChI is InChI=1S/C24H26N2O3/c1-24-15-19(18-7-5-6-8-21(18)29-24)22(23(28)26(24)4)20(27)14-11-16-9-12-17(13-10-16)25(2)3/h5-14,19,27H,15H2,1-4H3. The summed E-state index contributed by atoms with van der Waals surface area (Å²) in [5.74, 6) is 0.360. The first kappa shape index (κ1) is 19.1. The molecule has 0 radical (unpaired) electrons. The van der Waals surface area contributed by atoms with Crippen LogP contribution < -0.4 is 9.64 Å². The number of ether oxygens (including phenoxy) is 1. The Balaban J connectivity index is 1.72. The average molecular weight is 390 g/mol. The number of anilines is 1. The van der Waals surface area contributed by atoms with Gasteiger partial charge in [-0.2, -0.15) is 0 Å². The van der Waals surface area contributed by atoms with Gasteiger partial charge in [0.1, 0.15) is 11.5 Å². The molecule has 0 saturated carbocycles. The van der Waals surface area contributed by atoms with Crippen molar-refractivity contribution in [3.63, 3.8) is 0 Å². The number of carbonyl (C=O) groups excluding carboxylic acids is 1. The molecular formula is C24H26N2O3. The van der Waals surface area contributed by atoms with E-state index in [1.165, 1.54) is 0 Å². The minimum absolute atomic E-state index is 0.00212. The lowest BCUT2D eigenvalue weighted by atomic mass is 9.77. The Morgan fingerprint density at radius 2 is 1.90 bits per heavy atom. The number of likely N-dealkylation sites (N-methyl/N-ethyl adjacent to an activating group) is 1. The minimum atomic E-state index is -0.717. The van der Waals surface area contributed by atoms with Gasteiger partial charge in [0.15, 0.2) is 5.72 Å². The summed E-state index contributed by atoms with van der Waals surface area (Å²) in [7, 11) is 5.71. The molecule has 2 unspecified atom stereocenters. The lowest BCUT2D eigenvalue weighted by Crippen LogP contribution is -2.59. The van der Waals surface area contributed by atoms with Gasteiger partial charge >= 0.3 is 0 Å². The van der Waals surface area contributed by atoms with Gasteiger partial charge in [-0.3, -0.25) is 4.79 Å². The van der Waals surface area contributed by atoms with E-state index in [0.29, 0.717) is 12.0 Å². The first-order valence-electron chi connectivity index (χ1n) is 9.75. The quantitative estimate of drug-likeness (QED) is 0.626. The molecule has 2 aliphatic heterocycles. The number of nitrogens with zero attached hydrogens (tertiary/aromatic N) is 2. The number of amides is 1. The number of rotatable bonds is 3. The molecule has 0 aromatic heterocycles. The van der Waals surface area contributed by atoms with Crippen molar-refractivity contribution in [3.05, 3.63) is 77.1 Å². The van der Waals surface area contributed by atoms with E-state index >= 15 is 0 Å². The van der Waals surface area contributed by atoms with Crippen LogP contribution in [0, 0.1) is 0 Å². The molecule has 150 valence electrons. The molecule has 2 aromatic rings. The van der Waals surface area contributed by atoms with Crippen molar-refractivity contribution in [3.8, 4) is 5.75 Å². The van der Waals surface area contributed by atoms with E-state index in [4.69, 9.17) is 4.74 Å². The molecule has 2 aliphatic rings. The molecule has 1 fully saturated rings. The monoisotopic (exact) mass is 390 g/mol. The van der Waals surface area contributed by atoms with Crippen LogP contribution in [-0.4, -0.2) is 42.8 Å². The number of allylic oxidation sites excluding steroid dienone is 1. The topological polar surface area (TPSA) is 53.0 Å². The maximum absolute atomic E-state index is 13.1. The van der Waals surface area contributed by atoms with Crippen LogP contribution in [0.3, 0.4) is 0 Å². The van der Waals surface area contributed by atoms with Crippen molar-refractivity contribution in [1.29, 1.82) is 0 Å². The third-order valence-corrected chi connectivity index (χ3v) is 5.92. The number of fused-ring (bicyclic) bond motifs is 4. The van der Waals surface area contributed by atoms with Crippen molar-refractivity contribution < 1.29 is 14.6 Å². The van der Waals surface area contributed by atoms with Crippen LogP contribution in [0.25, 0.3) is 6.08 Å². The van der Waals surface area contributed by atoms with Gasteiger partial charge in [-0.25, -0.2) is 0 Å². The van der Waals surface area contributed by atoms with Crippen molar-refractivity contribution in [2.75, 3.05) is 26.0 Å². The third-order valence-electron chi connectivity index (χ3n) is 5.92. The maximum atomic E-state index is 13.1. The normalized spacial score (nSPS) is 24.9. The van der Waals surface area contributed by atoms with E-state index in [-0.39, 0.29) is 17.6 Å². The van der Waals surface area contributed by atoms with Gasteiger partial charge in [0.25, 0.3) is 5.91 Å². The smallest absolute Gasteiger partial charge is 0.256 e. The van der Waals surface area contributed by atoms with Crippen LogP contribution in [0.15, 0.2) is 65.9 Å². The van der Waals surface area contributed by atoms with Crippen molar-refractivity contribution in [2.24, 2.45) is 0 Å².